The van der Waals surface area contributed by atoms with Crippen molar-refractivity contribution in [1.82, 2.24) is 9.97 Å². The summed E-state index contributed by atoms with van der Waals surface area (Å²) < 4.78 is 5.72. The lowest BCUT2D eigenvalue weighted by Crippen LogP contribution is -2.04. The fourth-order valence-corrected chi connectivity index (χ4v) is 2.71. The molecule has 7 heteroatoms. The van der Waals surface area contributed by atoms with Gasteiger partial charge in [0.1, 0.15) is 11.0 Å². The zero-order chi connectivity index (χ0) is 14.7. The molecule has 0 aliphatic rings. The van der Waals surface area contributed by atoms with Crippen molar-refractivity contribution < 1.29 is 4.74 Å². The molecule has 1 aromatic carbocycles. The first kappa shape index (κ1) is 16.0. The van der Waals surface area contributed by atoms with Crippen LogP contribution in [0.4, 0.5) is 0 Å². The molecule has 0 unspecified atom stereocenters. The van der Waals surface area contributed by atoms with E-state index < -0.39 is 0 Å². The second-order valence-electron chi connectivity index (χ2n) is 4.00. The molecule has 0 aliphatic heterocycles. The van der Waals surface area contributed by atoms with E-state index >= 15 is 0 Å². The number of halogens is 4. The Morgan fingerprint density at radius 3 is 2.40 bits per heavy atom. The Morgan fingerprint density at radius 1 is 1.15 bits per heavy atom. The Kier molecular flexibility index (Phi) is 5.64. The molecule has 2 rings (SSSR count). The van der Waals surface area contributed by atoms with E-state index in [0.29, 0.717) is 44.2 Å². The molecule has 0 radical (unpaired) electrons. The van der Waals surface area contributed by atoms with Gasteiger partial charge in [0.15, 0.2) is 0 Å². The van der Waals surface area contributed by atoms with Crippen LogP contribution in [0.1, 0.15) is 17.1 Å². The average molecular weight is 396 g/mol. The molecule has 0 bridgehead atoms. The third-order valence-electron chi connectivity index (χ3n) is 2.60. The average Bonchev–Trinajstić information content (AvgIpc) is 2.40. The lowest BCUT2D eigenvalue weighted by Gasteiger charge is -2.09. The third-order valence-corrected chi connectivity index (χ3v) is 4.65. The van der Waals surface area contributed by atoms with Crippen molar-refractivity contribution in [3.8, 4) is 0 Å². The highest BCUT2D eigenvalue weighted by Crippen LogP contribution is 2.28. The maximum Gasteiger partial charge on any atom is 0.147 e. The zero-order valence-corrected chi connectivity index (χ0v) is 14.3. The van der Waals surface area contributed by atoms with Gasteiger partial charge < -0.3 is 4.74 Å². The van der Waals surface area contributed by atoms with Gasteiger partial charge in [-0.1, -0.05) is 40.9 Å². The van der Waals surface area contributed by atoms with Crippen molar-refractivity contribution in [2.45, 2.75) is 13.0 Å². The van der Waals surface area contributed by atoms with Gasteiger partial charge in [-0.25, -0.2) is 9.97 Å². The van der Waals surface area contributed by atoms with Crippen LogP contribution >= 0.6 is 50.7 Å². The van der Waals surface area contributed by atoms with Crippen LogP contribution in [0.25, 0.3) is 0 Å². The lowest BCUT2D eigenvalue weighted by molar-refractivity contribution is 0.180. The Morgan fingerprint density at radius 2 is 1.80 bits per heavy atom. The quantitative estimate of drug-likeness (QED) is 0.687. The normalized spacial score (nSPS) is 10.8. The van der Waals surface area contributed by atoms with Gasteiger partial charge in [-0.15, -0.1) is 0 Å². The first-order valence-electron chi connectivity index (χ1n) is 5.65. The topological polar surface area (TPSA) is 35.0 Å². The van der Waals surface area contributed by atoms with E-state index in [1.165, 1.54) is 0 Å². The summed E-state index contributed by atoms with van der Waals surface area (Å²) in [4.78, 5) is 8.64. The van der Waals surface area contributed by atoms with Gasteiger partial charge in [-0.05, 0) is 33.6 Å². The molecular weight excluding hydrogens is 386 g/mol. The Bertz CT molecular complexity index is 617. The molecule has 106 valence electrons. The molecule has 0 saturated carbocycles. The molecule has 3 nitrogen and oxygen atoms in total. The molecule has 0 spiro atoms. The van der Waals surface area contributed by atoms with Crippen molar-refractivity contribution in [3.05, 3.63) is 55.0 Å². The van der Waals surface area contributed by atoms with Crippen LogP contribution in [0.3, 0.4) is 0 Å². The summed E-state index contributed by atoms with van der Waals surface area (Å²) in [5, 5.41) is 1.49. The molecule has 0 fully saturated rings. The Balaban J connectivity index is 2.39. The largest absolute Gasteiger partial charge is 0.378 e. The maximum absolute atomic E-state index is 6.14. The van der Waals surface area contributed by atoms with Crippen LogP contribution in [0.5, 0.6) is 0 Å². The van der Waals surface area contributed by atoms with Gasteiger partial charge in [0.05, 0.1) is 16.8 Å². The van der Waals surface area contributed by atoms with E-state index in [1.54, 1.807) is 25.3 Å². The van der Waals surface area contributed by atoms with Crippen molar-refractivity contribution in [2.24, 2.45) is 0 Å². The number of hydrogen-bond acceptors (Lipinski definition) is 3. The fourth-order valence-electron chi connectivity index (χ4n) is 1.68. The smallest absolute Gasteiger partial charge is 0.147 e. The van der Waals surface area contributed by atoms with Crippen molar-refractivity contribution >= 4 is 50.7 Å². The van der Waals surface area contributed by atoms with Crippen LogP contribution in [-0.4, -0.2) is 17.1 Å². The van der Waals surface area contributed by atoms with Gasteiger partial charge in [0.2, 0.25) is 0 Å². The van der Waals surface area contributed by atoms with E-state index in [-0.39, 0.29) is 0 Å². The summed E-state index contributed by atoms with van der Waals surface area (Å²) >= 11 is 21.7. The first-order valence-corrected chi connectivity index (χ1v) is 7.58. The number of benzene rings is 1. The van der Waals surface area contributed by atoms with Crippen LogP contribution in [0.2, 0.25) is 15.2 Å². The summed E-state index contributed by atoms with van der Waals surface area (Å²) in [6, 6.07) is 5.35. The molecule has 2 aromatic rings. The molecule has 0 aliphatic carbocycles. The van der Waals surface area contributed by atoms with Crippen LogP contribution < -0.4 is 0 Å². The highest BCUT2D eigenvalue weighted by atomic mass is 79.9. The highest BCUT2D eigenvalue weighted by Gasteiger charge is 2.13. The zero-order valence-electron chi connectivity index (χ0n) is 10.5. The number of methoxy groups -OCH3 is 1. The van der Waals surface area contributed by atoms with E-state index in [4.69, 9.17) is 39.5 Å². The molecular formula is C13H10BrCl3N2O. The Hall–Kier alpha value is -0.390. The van der Waals surface area contributed by atoms with E-state index in [0.717, 1.165) is 5.56 Å². The van der Waals surface area contributed by atoms with Gasteiger partial charge in [-0.3, -0.25) is 0 Å². The summed E-state index contributed by atoms with van der Waals surface area (Å²) in [7, 11) is 1.59. The number of ether oxygens (including phenoxy) is 1. The van der Waals surface area contributed by atoms with Gasteiger partial charge in [-0.2, -0.15) is 0 Å². The highest BCUT2D eigenvalue weighted by molar-refractivity contribution is 9.10. The number of aromatic nitrogens is 2. The molecule has 0 atom stereocenters. The number of rotatable bonds is 4. The fraction of sp³-hybridized carbons (Fsp3) is 0.231. The van der Waals surface area contributed by atoms with Crippen LogP contribution in [-0.2, 0) is 17.8 Å². The van der Waals surface area contributed by atoms with Crippen molar-refractivity contribution in [1.29, 1.82) is 0 Å². The Labute approximate surface area is 140 Å². The van der Waals surface area contributed by atoms with Crippen molar-refractivity contribution in [3.63, 3.8) is 0 Å². The van der Waals surface area contributed by atoms with Crippen molar-refractivity contribution in [2.75, 3.05) is 7.11 Å². The first-order chi connectivity index (χ1) is 9.52. The molecule has 0 amide bonds. The minimum Gasteiger partial charge on any atom is -0.378 e. The predicted molar refractivity (Wildman–Crippen MR) is 84.7 cm³/mol. The van der Waals surface area contributed by atoms with Crippen LogP contribution in [0, 0.1) is 0 Å². The molecule has 0 saturated heterocycles. The lowest BCUT2D eigenvalue weighted by atomic mass is 10.1. The molecule has 0 N–H and O–H groups in total. The molecule has 1 aromatic heterocycles. The summed E-state index contributed by atoms with van der Waals surface area (Å²) in [6.07, 6.45) is 0.405. The van der Waals surface area contributed by atoms with Gasteiger partial charge in [0.25, 0.3) is 0 Å². The second kappa shape index (κ2) is 7.05. The number of nitrogens with zero attached hydrogens (tertiary/aromatic N) is 2. The number of hydrogen-bond donors (Lipinski definition) is 0. The van der Waals surface area contributed by atoms with E-state index in [9.17, 15) is 0 Å². The minimum absolute atomic E-state index is 0.338. The molecule has 1 heterocycles. The summed E-state index contributed by atoms with van der Waals surface area (Å²) in [6.45, 7) is 0.339. The minimum atomic E-state index is 0.338. The maximum atomic E-state index is 6.14. The third kappa shape index (κ3) is 3.62. The monoisotopic (exact) mass is 394 g/mol. The summed E-state index contributed by atoms with van der Waals surface area (Å²) in [5.74, 6) is 0.542. The SMILES string of the molecule is COCc1nc(Cc2c(Cl)cccc2Cl)nc(Cl)c1Br. The standard InChI is InChI=1S/C13H10BrCl3N2O/c1-20-6-10-12(14)13(17)19-11(18-10)5-7-8(15)3-2-4-9(7)16/h2-4H,5-6H2,1H3. The van der Waals surface area contributed by atoms with Gasteiger partial charge in [0, 0.05) is 23.6 Å². The second-order valence-corrected chi connectivity index (χ2v) is 5.97. The predicted octanol–water partition coefficient (Wildman–Crippen LogP) is 4.94. The van der Waals surface area contributed by atoms with E-state index in [1.807, 2.05) is 0 Å². The van der Waals surface area contributed by atoms with E-state index in [2.05, 4.69) is 25.9 Å². The summed E-state index contributed by atoms with van der Waals surface area (Å²) in [5.41, 5.74) is 1.46. The van der Waals surface area contributed by atoms with Gasteiger partial charge >= 0.3 is 0 Å². The molecule has 20 heavy (non-hydrogen) atoms. The van der Waals surface area contributed by atoms with Crippen LogP contribution in [0.15, 0.2) is 22.7 Å².